The van der Waals surface area contributed by atoms with Crippen molar-refractivity contribution in [3.8, 4) is 0 Å². The second kappa shape index (κ2) is 10.4. The Morgan fingerprint density at radius 1 is 1.33 bits per heavy atom. The largest absolute Gasteiger partial charge is 0.375 e. The summed E-state index contributed by atoms with van der Waals surface area (Å²) in [6.45, 7) is 7.61. The number of unbranched alkanes of at least 4 members (excludes halogenated alkanes) is 1. The SMILES string of the molecule is CCCC[C@@H]1CN(C(=O)c2cccc(NC(=O)COC)c2)C[C@H](C(C)C)O1. The molecule has 6 heteroatoms. The van der Waals surface area contributed by atoms with E-state index in [1.54, 1.807) is 24.3 Å². The lowest BCUT2D eigenvalue weighted by atomic mass is 10.0. The van der Waals surface area contributed by atoms with Gasteiger partial charge in [-0.2, -0.15) is 0 Å². The van der Waals surface area contributed by atoms with Gasteiger partial charge < -0.3 is 19.7 Å². The van der Waals surface area contributed by atoms with Crippen molar-refractivity contribution in [1.29, 1.82) is 0 Å². The highest BCUT2D eigenvalue weighted by atomic mass is 16.5. The lowest BCUT2D eigenvalue weighted by molar-refractivity contribution is -0.119. The molecule has 2 atom stereocenters. The Balaban J connectivity index is 2.11. The zero-order valence-electron chi connectivity index (χ0n) is 16.9. The molecule has 0 spiro atoms. The van der Waals surface area contributed by atoms with E-state index in [2.05, 4.69) is 26.1 Å². The summed E-state index contributed by atoms with van der Waals surface area (Å²) >= 11 is 0. The van der Waals surface area contributed by atoms with Crippen molar-refractivity contribution >= 4 is 17.5 Å². The number of amides is 2. The van der Waals surface area contributed by atoms with Crippen molar-refractivity contribution in [3.63, 3.8) is 0 Å². The van der Waals surface area contributed by atoms with E-state index in [9.17, 15) is 9.59 Å². The molecule has 2 amide bonds. The summed E-state index contributed by atoms with van der Waals surface area (Å²) < 4.78 is 11.0. The number of anilines is 1. The Labute approximate surface area is 162 Å². The molecule has 27 heavy (non-hydrogen) atoms. The maximum atomic E-state index is 13.1. The average Bonchev–Trinajstić information content (AvgIpc) is 2.65. The highest BCUT2D eigenvalue weighted by Crippen LogP contribution is 2.23. The maximum absolute atomic E-state index is 13.1. The molecular formula is C21H32N2O4. The monoisotopic (exact) mass is 376 g/mol. The molecule has 1 aromatic carbocycles. The van der Waals surface area contributed by atoms with Gasteiger partial charge in [0.2, 0.25) is 5.91 Å². The number of ether oxygens (including phenoxy) is 2. The van der Waals surface area contributed by atoms with Crippen LogP contribution in [-0.2, 0) is 14.3 Å². The third-order valence-corrected chi connectivity index (χ3v) is 4.77. The first-order valence-electron chi connectivity index (χ1n) is 9.78. The minimum Gasteiger partial charge on any atom is -0.375 e. The normalized spacial score (nSPS) is 20.0. The topological polar surface area (TPSA) is 67.9 Å². The fourth-order valence-electron chi connectivity index (χ4n) is 3.24. The zero-order chi connectivity index (χ0) is 19.8. The molecule has 6 nitrogen and oxygen atoms in total. The summed E-state index contributed by atoms with van der Waals surface area (Å²) in [5.41, 5.74) is 1.17. The molecule has 1 saturated heterocycles. The van der Waals surface area contributed by atoms with Crippen LogP contribution in [0.25, 0.3) is 0 Å². The molecule has 1 fully saturated rings. The predicted octanol–water partition coefficient (Wildman–Crippen LogP) is 3.33. The standard InChI is InChI=1S/C21H32N2O4/c1-5-6-10-18-12-23(13-19(27-18)15(2)3)21(25)16-8-7-9-17(11-16)22-20(24)14-26-4/h7-9,11,15,18-19H,5-6,10,12-14H2,1-4H3,(H,22,24)/t18-,19-/m1/s1. The van der Waals surface area contributed by atoms with Gasteiger partial charge in [0.05, 0.1) is 12.2 Å². The van der Waals surface area contributed by atoms with Gasteiger partial charge >= 0.3 is 0 Å². The molecule has 1 N–H and O–H groups in total. The van der Waals surface area contributed by atoms with E-state index in [-0.39, 0.29) is 30.6 Å². The van der Waals surface area contributed by atoms with Crippen LogP contribution in [0.1, 0.15) is 50.4 Å². The lowest BCUT2D eigenvalue weighted by Crippen LogP contribution is -2.51. The minimum atomic E-state index is -0.243. The van der Waals surface area contributed by atoms with Crippen LogP contribution in [-0.4, -0.2) is 55.7 Å². The van der Waals surface area contributed by atoms with Crippen molar-refractivity contribution in [2.75, 3.05) is 32.1 Å². The number of nitrogens with one attached hydrogen (secondary N) is 1. The van der Waals surface area contributed by atoms with Crippen LogP contribution >= 0.6 is 0 Å². The summed E-state index contributed by atoms with van der Waals surface area (Å²) in [4.78, 5) is 26.7. The molecule has 1 aliphatic rings. The van der Waals surface area contributed by atoms with Crippen molar-refractivity contribution in [2.24, 2.45) is 5.92 Å². The Hall–Kier alpha value is -1.92. The summed E-state index contributed by atoms with van der Waals surface area (Å²) in [6.07, 6.45) is 3.31. The van der Waals surface area contributed by atoms with Crippen molar-refractivity contribution in [2.45, 2.75) is 52.2 Å². The van der Waals surface area contributed by atoms with E-state index in [0.717, 1.165) is 19.3 Å². The van der Waals surface area contributed by atoms with Crippen molar-refractivity contribution in [1.82, 2.24) is 4.90 Å². The molecule has 0 aliphatic carbocycles. The molecular weight excluding hydrogens is 344 g/mol. The van der Waals surface area contributed by atoms with Gasteiger partial charge in [0.25, 0.3) is 5.91 Å². The molecule has 0 saturated carbocycles. The Kier molecular flexibility index (Phi) is 8.25. The second-order valence-electron chi connectivity index (χ2n) is 7.45. The van der Waals surface area contributed by atoms with Crippen LogP contribution in [0.15, 0.2) is 24.3 Å². The number of rotatable bonds is 8. The van der Waals surface area contributed by atoms with Gasteiger partial charge in [0.15, 0.2) is 0 Å². The van der Waals surface area contributed by atoms with Gasteiger partial charge in [-0.3, -0.25) is 9.59 Å². The summed E-state index contributed by atoms with van der Waals surface area (Å²) in [5, 5.41) is 2.75. The van der Waals surface area contributed by atoms with Gasteiger partial charge in [-0.25, -0.2) is 0 Å². The first-order valence-corrected chi connectivity index (χ1v) is 9.78. The van der Waals surface area contributed by atoms with Crippen LogP contribution in [0.4, 0.5) is 5.69 Å². The lowest BCUT2D eigenvalue weighted by Gasteiger charge is -2.40. The summed E-state index contributed by atoms with van der Waals surface area (Å²) in [5.74, 6) is 0.0886. The molecule has 0 aromatic heterocycles. The van der Waals surface area contributed by atoms with Gasteiger partial charge in [0, 0.05) is 31.5 Å². The quantitative estimate of drug-likeness (QED) is 0.756. The molecule has 0 radical (unpaired) electrons. The van der Waals surface area contributed by atoms with Crippen LogP contribution in [0.5, 0.6) is 0 Å². The minimum absolute atomic E-state index is 0.0170. The highest BCUT2D eigenvalue weighted by molar-refractivity contribution is 5.97. The Morgan fingerprint density at radius 3 is 2.78 bits per heavy atom. The first-order chi connectivity index (χ1) is 12.9. The smallest absolute Gasteiger partial charge is 0.254 e. The van der Waals surface area contributed by atoms with E-state index in [1.807, 2.05) is 4.90 Å². The summed E-state index contributed by atoms with van der Waals surface area (Å²) in [6, 6.07) is 7.06. The first kappa shape index (κ1) is 21.4. The van der Waals surface area contributed by atoms with Crippen LogP contribution in [0.2, 0.25) is 0 Å². The van der Waals surface area contributed by atoms with Crippen molar-refractivity contribution in [3.05, 3.63) is 29.8 Å². The number of hydrogen-bond acceptors (Lipinski definition) is 4. The van der Waals surface area contributed by atoms with Gasteiger partial charge in [0.1, 0.15) is 6.61 Å². The number of nitrogens with zero attached hydrogens (tertiary/aromatic N) is 1. The van der Waals surface area contributed by atoms with Crippen molar-refractivity contribution < 1.29 is 19.1 Å². The van der Waals surface area contributed by atoms with Gasteiger partial charge in [-0.15, -0.1) is 0 Å². The number of morpholine rings is 1. The number of carbonyl (C=O) groups is 2. The molecule has 0 bridgehead atoms. The molecule has 1 heterocycles. The van der Waals surface area contributed by atoms with E-state index >= 15 is 0 Å². The predicted molar refractivity (Wildman–Crippen MR) is 106 cm³/mol. The molecule has 2 rings (SSSR count). The third kappa shape index (κ3) is 6.33. The number of methoxy groups -OCH3 is 1. The van der Waals surface area contributed by atoms with Gasteiger partial charge in [-0.05, 0) is 30.5 Å². The summed E-state index contributed by atoms with van der Waals surface area (Å²) in [7, 11) is 1.47. The van der Waals surface area contributed by atoms with E-state index in [0.29, 0.717) is 30.3 Å². The molecule has 1 aromatic rings. The van der Waals surface area contributed by atoms with Crippen LogP contribution < -0.4 is 5.32 Å². The number of benzene rings is 1. The van der Waals surface area contributed by atoms with E-state index in [4.69, 9.17) is 9.47 Å². The Bertz CT molecular complexity index is 632. The van der Waals surface area contributed by atoms with Crippen LogP contribution in [0.3, 0.4) is 0 Å². The Morgan fingerprint density at radius 2 is 2.11 bits per heavy atom. The fraction of sp³-hybridized carbons (Fsp3) is 0.619. The molecule has 0 unspecified atom stereocenters. The average molecular weight is 376 g/mol. The molecule has 150 valence electrons. The zero-order valence-corrected chi connectivity index (χ0v) is 16.9. The number of carbonyl (C=O) groups excluding carboxylic acids is 2. The highest BCUT2D eigenvalue weighted by Gasteiger charge is 2.32. The van der Waals surface area contributed by atoms with E-state index in [1.165, 1.54) is 7.11 Å². The maximum Gasteiger partial charge on any atom is 0.254 e. The molecule has 1 aliphatic heterocycles. The second-order valence-corrected chi connectivity index (χ2v) is 7.45. The van der Waals surface area contributed by atoms with Crippen LogP contribution in [0, 0.1) is 5.92 Å². The van der Waals surface area contributed by atoms with E-state index < -0.39 is 0 Å². The third-order valence-electron chi connectivity index (χ3n) is 4.77. The van der Waals surface area contributed by atoms with Gasteiger partial charge in [-0.1, -0.05) is 39.7 Å². The number of hydrogen-bond donors (Lipinski definition) is 1. The fourth-order valence-corrected chi connectivity index (χ4v) is 3.24.